The number of amides is 2. The lowest BCUT2D eigenvalue weighted by Gasteiger charge is -2.33. The quantitative estimate of drug-likeness (QED) is 0.267. The summed E-state index contributed by atoms with van der Waals surface area (Å²) in [7, 11) is 1.80. The summed E-state index contributed by atoms with van der Waals surface area (Å²) >= 11 is 2.66. The zero-order chi connectivity index (χ0) is 29.4. The molecular formula is C28H40N4O6S2. The van der Waals surface area contributed by atoms with E-state index in [1.165, 1.54) is 42.4 Å². The number of nitrogens with zero attached hydrogens (tertiary/aromatic N) is 3. The van der Waals surface area contributed by atoms with E-state index in [2.05, 4.69) is 15.3 Å². The lowest BCUT2D eigenvalue weighted by atomic mass is 9.96. The molecular weight excluding hydrogens is 552 g/mol. The number of aliphatic carboxylic acids is 1. The van der Waals surface area contributed by atoms with Gasteiger partial charge < -0.3 is 20.1 Å². The first-order valence-electron chi connectivity index (χ1n) is 13.7. The van der Waals surface area contributed by atoms with Crippen molar-refractivity contribution in [3.8, 4) is 0 Å². The third kappa shape index (κ3) is 9.65. The summed E-state index contributed by atoms with van der Waals surface area (Å²) < 4.78 is 5.65. The molecule has 0 saturated heterocycles. The number of carbonyl (C=O) groups is 4. The maximum Gasteiger partial charge on any atom is 0.306 e. The molecule has 1 saturated carbocycles. The van der Waals surface area contributed by atoms with Crippen molar-refractivity contribution in [3.05, 3.63) is 32.7 Å². The molecule has 2 heterocycles. The molecule has 2 aromatic heterocycles. The van der Waals surface area contributed by atoms with E-state index in [1.54, 1.807) is 30.4 Å². The summed E-state index contributed by atoms with van der Waals surface area (Å²) in [5.74, 6) is -1.64. The highest BCUT2D eigenvalue weighted by Gasteiger charge is 2.32. The van der Waals surface area contributed by atoms with Crippen molar-refractivity contribution >= 4 is 46.4 Å². The lowest BCUT2D eigenvalue weighted by Crippen LogP contribution is -2.41. The molecule has 2 N–H and O–H groups in total. The molecule has 2 aromatic rings. The standard InChI is InChI=1S/C28H40N4O6S2/c1-16(2)22(32(5)25(34)9-8-19-6-7-19)14-23(38-18(4)33)27-31-21(15-40-27)26(35)30-20(12-17(3)28(36)37)13-24-29-10-11-39-24/h10-11,15-17,19-20,22-23H,6-9,12-14H2,1-5H3,(H,30,35)(H,36,37)/t17?,20-,22?,23?/m1/s1. The van der Waals surface area contributed by atoms with E-state index in [-0.39, 0.29) is 30.0 Å². The van der Waals surface area contributed by atoms with Crippen LogP contribution < -0.4 is 5.32 Å². The topological polar surface area (TPSA) is 139 Å². The molecule has 12 heteroatoms. The zero-order valence-corrected chi connectivity index (χ0v) is 25.4. The minimum absolute atomic E-state index is 0.0771. The van der Waals surface area contributed by atoms with Crippen molar-refractivity contribution in [2.45, 2.75) is 90.8 Å². The Morgan fingerprint density at radius 3 is 2.48 bits per heavy atom. The second-order valence-electron chi connectivity index (χ2n) is 11.0. The first kappa shape index (κ1) is 31.7. The van der Waals surface area contributed by atoms with Gasteiger partial charge in [0, 0.05) is 62.3 Å². The Kier molecular flexibility index (Phi) is 11.6. The Bertz CT molecular complexity index is 1150. The molecule has 1 aliphatic carbocycles. The number of thiazole rings is 2. The molecule has 0 aromatic carbocycles. The molecule has 1 fully saturated rings. The van der Waals surface area contributed by atoms with Crippen molar-refractivity contribution < 1.29 is 29.0 Å². The van der Waals surface area contributed by atoms with Crippen LogP contribution in [0.4, 0.5) is 0 Å². The summed E-state index contributed by atoms with van der Waals surface area (Å²) in [6, 6.07) is -0.628. The molecule has 0 bridgehead atoms. The van der Waals surface area contributed by atoms with Gasteiger partial charge in [-0.1, -0.05) is 33.6 Å². The van der Waals surface area contributed by atoms with Gasteiger partial charge in [0.2, 0.25) is 5.91 Å². The average molecular weight is 593 g/mol. The van der Waals surface area contributed by atoms with Gasteiger partial charge in [0.15, 0.2) is 6.10 Å². The number of carboxylic acids is 1. The van der Waals surface area contributed by atoms with Gasteiger partial charge in [-0.25, -0.2) is 9.97 Å². The number of hydrogen-bond acceptors (Lipinski definition) is 9. The maximum atomic E-state index is 13.2. The summed E-state index contributed by atoms with van der Waals surface area (Å²) in [5.41, 5.74) is 0.166. The van der Waals surface area contributed by atoms with Crippen LogP contribution in [0, 0.1) is 17.8 Å². The van der Waals surface area contributed by atoms with E-state index in [1.807, 2.05) is 19.2 Å². The first-order chi connectivity index (χ1) is 18.9. The SMILES string of the molecule is CC(=O)OC(CC(C(C)C)N(C)C(=O)CCC1CC1)c1nc(C(=O)N[C@@H](Cc2nccs2)CC(C)C(=O)O)cs1. The maximum absolute atomic E-state index is 13.2. The van der Waals surface area contributed by atoms with Gasteiger partial charge in [-0.3, -0.25) is 19.2 Å². The van der Waals surface area contributed by atoms with E-state index in [4.69, 9.17) is 4.74 Å². The van der Waals surface area contributed by atoms with Gasteiger partial charge in [-0.15, -0.1) is 22.7 Å². The zero-order valence-electron chi connectivity index (χ0n) is 23.8. The van der Waals surface area contributed by atoms with Crippen LogP contribution in [0.3, 0.4) is 0 Å². The average Bonchev–Trinajstić information content (AvgIpc) is 3.33. The minimum Gasteiger partial charge on any atom is -0.481 e. The van der Waals surface area contributed by atoms with Gasteiger partial charge in [0.1, 0.15) is 10.7 Å². The number of hydrogen-bond donors (Lipinski definition) is 2. The second kappa shape index (κ2) is 14.7. The summed E-state index contributed by atoms with van der Waals surface area (Å²) in [6.45, 7) is 6.99. The fraction of sp³-hybridized carbons (Fsp3) is 0.643. The Morgan fingerprint density at radius 2 is 1.90 bits per heavy atom. The van der Waals surface area contributed by atoms with Crippen LogP contribution >= 0.6 is 22.7 Å². The molecule has 4 atom stereocenters. The number of ether oxygens (including phenoxy) is 1. The van der Waals surface area contributed by atoms with Crippen LogP contribution in [0.25, 0.3) is 0 Å². The number of nitrogens with one attached hydrogen (secondary N) is 1. The highest BCUT2D eigenvalue weighted by molar-refractivity contribution is 7.10. The van der Waals surface area contributed by atoms with Gasteiger partial charge in [-0.2, -0.15) is 0 Å². The van der Waals surface area contributed by atoms with Crippen molar-refractivity contribution in [3.63, 3.8) is 0 Å². The van der Waals surface area contributed by atoms with Crippen LogP contribution in [-0.4, -0.2) is 62.9 Å². The molecule has 1 aliphatic rings. The highest BCUT2D eigenvalue weighted by Crippen LogP contribution is 2.34. The molecule has 40 heavy (non-hydrogen) atoms. The summed E-state index contributed by atoms with van der Waals surface area (Å²) in [6.07, 6.45) is 5.77. The monoisotopic (exact) mass is 592 g/mol. The highest BCUT2D eigenvalue weighted by atomic mass is 32.1. The summed E-state index contributed by atoms with van der Waals surface area (Å²) in [5, 5.41) is 17.0. The Balaban J connectivity index is 1.72. The van der Waals surface area contributed by atoms with Crippen LogP contribution in [0.5, 0.6) is 0 Å². The Morgan fingerprint density at radius 1 is 1.18 bits per heavy atom. The van der Waals surface area contributed by atoms with E-state index < -0.39 is 35.9 Å². The largest absolute Gasteiger partial charge is 0.481 e. The molecule has 0 spiro atoms. The minimum atomic E-state index is -0.936. The lowest BCUT2D eigenvalue weighted by molar-refractivity contribution is -0.148. The van der Waals surface area contributed by atoms with Crippen LogP contribution in [0.15, 0.2) is 17.0 Å². The van der Waals surface area contributed by atoms with Gasteiger partial charge in [0.25, 0.3) is 5.91 Å². The van der Waals surface area contributed by atoms with E-state index in [9.17, 15) is 24.3 Å². The molecule has 3 unspecified atom stereocenters. The van der Waals surface area contributed by atoms with Crippen molar-refractivity contribution in [1.82, 2.24) is 20.2 Å². The van der Waals surface area contributed by atoms with Crippen LogP contribution in [0.2, 0.25) is 0 Å². The third-order valence-corrected chi connectivity index (χ3v) is 8.96. The van der Waals surface area contributed by atoms with E-state index in [0.29, 0.717) is 30.2 Å². The Hall–Kier alpha value is -2.86. The molecule has 220 valence electrons. The molecule has 0 radical (unpaired) electrons. The number of esters is 1. The molecule has 3 rings (SSSR count). The predicted octanol–water partition coefficient (Wildman–Crippen LogP) is 4.72. The molecule has 10 nitrogen and oxygen atoms in total. The number of rotatable bonds is 16. The van der Waals surface area contributed by atoms with Crippen molar-refractivity contribution in [2.24, 2.45) is 17.8 Å². The van der Waals surface area contributed by atoms with Gasteiger partial charge >= 0.3 is 11.9 Å². The summed E-state index contributed by atoms with van der Waals surface area (Å²) in [4.78, 5) is 60.1. The van der Waals surface area contributed by atoms with Crippen LogP contribution in [-0.2, 0) is 25.5 Å². The fourth-order valence-corrected chi connectivity index (χ4v) is 6.21. The number of carboxylic acid groups (broad SMARTS) is 1. The predicted molar refractivity (Wildman–Crippen MR) is 153 cm³/mol. The van der Waals surface area contributed by atoms with Gasteiger partial charge in [0.05, 0.1) is 10.9 Å². The van der Waals surface area contributed by atoms with E-state index in [0.717, 1.165) is 11.4 Å². The number of aromatic nitrogens is 2. The molecule has 0 aliphatic heterocycles. The third-order valence-electron chi connectivity index (χ3n) is 7.22. The van der Waals surface area contributed by atoms with Crippen molar-refractivity contribution in [2.75, 3.05) is 7.05 Å². The van der Waals surface area contributed by atoms with E-state index >= 15 is 0 Å². The normalized spacial score (nSPS) is 16.1. The Labute approximate surface area is 243 Å². The smallest absolute Gasteiger partial charge is 0.306 e. The van der Waals surface area contributed by atoms with Gasteiger partial charge in [-0.05, 0) is 24.7 Å². The first-order valence-corrected chi connectivity index (χ1v) is 15.5. The second-order valence-corrected chi connectivity index (χ2v) is 12.8. The van der Waals surface area contributed by atoms with Crippen molar-refractivity contribution in [1.29, 1.82) is 0 Å². The van der Waals surface area contributed by atoms with Crippen LogP contribution in [0.1, 0.15) is 92.8 Å². The molecule has 2 amide bonds. The number of carbonyl (C=O) groups excluding carboxylic acids is 3. The fourth-order valence-electron chi connectivity index (χ4n) is 4.68.